The van der Waals surface area contributed by atoms with Crippen LogP contribution in [-0.4, -0.2) is 50.6 Å². The SMILES string of the molecule is COc1ccccc1N1CCN(CC2CCc3ccc(NC(C)=O)cc32)CC1. The van der Waals surface area contributed by atoms with Crippen molar-refractivity contribution in [1.29, 1.82) is 0 Å². The largest absolute Gasteiger partial charge is 0.495 e. The first-order valence-electron chi connectivity index (χ1n) is 10.1. The van der Waals surface area contributed by atoms with Crippen molar-refractivity contribution in [3.05, 3.63) is 53.6 Å². The molecule has 28 heavy (non-hydrogen) atoms. The number of carbonyl (C=O) groups excluding carboxylic acids is 1. The van der Waals surface area contributed by atoms with Crippen LogP contribution < -0.4 is 15.0 Å². The van der Waals surface area contributed by atoms with Gasteiger partial charge in [0.1, 0.15) is 5.75 Å². The molecular formula is C23H29N3O2. The van der Waals surface area contributed by atoms with E-state index in [-0.39, 0.29) is 5.91 Å². The van der Waals surface area contributed by atoms with Crippen molar-refractivity contribution in [1.82, 2.24) is 4.90 Å². The Hall–Kier alpha value is -2.53. The molecule has 0 saturated carbocycles. The lowest BCUT2D eigenvalue weighted by atomic mass is 9.99. The molecule has 1 atom stereocenters. The lowest BCUT2D eigenvalue weighted by Gasteiger charge is -2.37. The number of nitrogens with zero attached hydrogens (tertiary/aromatic N) is 2. The standard InChI is InChI=1S/C23H29N3O2/c1-17(27)24-20-10-9-18-7-8-19(21(18)15-20)16-25-11-13-26(14-12-25)22-5-3-4-6-23(22)28-2/h3-6,9-10,15,19H,7-8,11-14,16H2,1-2H3,(H,24,27). The van der Waals surface area contributed by atoms with Gasteiger partial charge in [-0.05, 0) is 54.2 Å². The minimum atomic E-state index is -0.0121. The van der Waals surface area contributed by atoms with E-state index in [9.17, 15) is 4.79 Å². The van der Waals surface area contributed by atoms with Gasteiger partial charge < -0.3 is 15.0 Å². The third kappa shape index (κ3) is 3.99. The molecule has 2 aliphatic rings. The average Bonchev–Trinajstić information content (AvgIpc) is 3.10. The topological polar surface area (TPSA) is 44.8 Å². The van der Waals surface area contributed by atoms with E-state index in [1.54, 1.807) is 14.0 Å². The molecule has 2 aromatic rings. The van der Waals surface area contributed by atoms with Crippen molar-refractivity contribution in [2.45, 2.75) is 25.7 Å². The quantitative estimate of drug-likeness (QED) is 0.864. The van der Waals surface area contributed by atoms with Gasteiger partial charge in [0.05, 0.1) is 12.8 Å². The van der Waals surface area contributed by atoms with E-state index in [1.165, 1.54) is 23.2 Å². The van der Waals surface area contributed by atoms with Gasteiger partial charge in [-0.3, -0.25) is 9.69 Å². The second-order valence-electron chi connectivity index (χ2n) is 7.79. The minimum absolute atomic E-state index is 0.0121. The Morgan fingerprint density at radius 2 is 1.93 bits per heavy atom. The second-order valence-corrected chi connectivity index (χ2v) is 7.79. The van der Waals surface area contributed by atoms with Crippen LogP contribution in [0, 0.1) is 0 Å². The van der Waals surface area contributed by atoms with E-state index in [0.717, 1.165) is 50.6 Å². The Kier molecular flexibility index (Phi) is 5.53. The average molecular weight is 380 g/mol. The normalized spacial score (nSPS) is 19.4. The Labute approximate surface area is 167 Å². The summed E-state index contributed by atoms with van der Waals surface area (Å²) in [6.07, 6.45) is 2.34. The van der Waals surface area contributed by atoms with Gasteiger partial charge in [-0.15, -0.1) is 0 Å². The Morgan fingerprint density at radius 3 is 2.68 bits per heavy atom. The molecule has 5 heteroatoms. The number of ether oxygens (including phenoxy) is 1. The van der Waals surface area contributed by atoms with E-state index in [1.807, 2.05) is 18.2 Å². The summed E-state index contributed by atoms with van der Waals surface area (Å²) >= 11 is 0. The zero-order valence-electron chi connectivity index (χ0n) is 16.8. The number of anilines is 2. The van der Waals surface area contributed by atoms with Gasteiger partial charge in [-0.25, -0.2) is 0 Å². The summed E-state index contributed by atoms with van der Waals surface area (Å²) in [5, 5.41) is 2.92. The molecule has 1 saturated heterocycles. The molecule has 0 spiro atoms. The highest BCUT2D eigenvalue weighted by Crippen LogP contribution is 2.36. The van der Waals surface area contributed by atoms with Crippen LogP contribution in [-0.2, 0) is 11.2 Å². The molecule has 0 bridgehead atoms. The number of carbonyl (C=O) groups is 1. The molecule has 1 heterocycles. The van der Waals surface area contributed by atoms with E-state index < -0.39 is 0 Å². The predicted octanol–water partition coefficient (Wildman–Crippen LogP) is 3.51. The first kappa shape index (κ1) is 18.8. The third-order valence-corrected chi connectivity index (χ3v) is 5.94. The van der Waals surface area contributed by atoms with Crippen LogP contribution in [0.2, 0.25) is 0 Å². The molecule has 1 fully saturated rings. The van der Waals surface area contributed by atoms with Gasteiger partial charge in [0.2, 0.25) is 5.91 Å². The number of amides is 1. The molecule has 4 rings (SSSR count). The van der Waals surface area contributed by atoms with Crippen LogP contribution in [0.4, 0.5) is 11.4 Å². The predicted molar refractivity (Wildman–Crippen MR) is 113 cm³/mol. The molecule has 5 nitrogen and oxygen atoms in total. The van der Waals surface area contributed by atoms with Crippen LogP contribution >= 0.6 is 0 Å². The van der Waals surface area contributed by atoms with Crippen molar-refractivity contribution in [3.8, 4) is 5.75 Å². The Bertz CT molecular complexity index is 843. The van der Waals surface area contributed by atoms with Crippen molar-refractivity contribution < 1.29 is 9.53 Å². The highest BCUT2D eigenvalue weighted by atomic mass is 16.5. The first-order chi connectivity index (χ1) is 13.6. The van der Waals surface area contributed by atoms with E-state index in [2.05, 4.69) is 39.4 Å². The maximum Gasteiger partial charge on any atom is 0.221 e. The number of hydrogen-bond donors (Lipinski definition) is 1. The maximum absolute atomic E-state index is 11.4. The molecule has 0 radical (unpaired) electrons. The van der Waals surface area contributed by atoms with E-state index in [0.29, 0.717) is 5.92 Å². The number of benzene rings is 2. The van der Waals surface area contributed by atoms with Crippen LogP contribution in [0.15, 0.2) is 42.5 Å². The number of aryl methyl sites for hydroxylation is 1. The van der Waals surface area contributed by atoms with Gasteiger partial charge in [0.25, 0.3) is 0 Å². The number of para-hydroxylation sites is 2. The van der Waals surface area contributed by atoms with Gasteiger partial charge in [0, 0.05) is 45.3 Å². The number of rotatable bonds is 5. The minimum Gasteiger partial charge on any atom is -0.495 e. The van der Waals surface area contributed by atoms with Crippen LogP contribution in [0.25, 0.3) is 0 Å². The van der Waals surface area contributed by atoms with Crippen LogP contribution in [0.1, 0.15) is 30.4 Å². The van der Waals surface area contributed by atoms with Crippen molar-refractivity contribution in [3.63, 3.8) is 0 Å². The number of nitrogens with one attached hydrogen (secondary N) is 1. The van der Waals surface area contributed by atoms with E-state index in [4.69, 9.17) is 4.74 Å². The zero-order valence-corrected chi connectivity index (χ0v) is 16.8. The summed E-state index contributed by atoms with van der Waals surface area (Å²) in [4.78, 5) is 16.4. The fraction of sp³-hybridized carbons (Fsp3) is 0.435. The number of methoxy groups -OCH3 is 1. The number of fused-ring (bicyclic) bond motifs is 1. The van der Waals surface area contributed by atoms with Gasteiger partial charge in [-0.1, -0.05) is 18.2 Å². The Balaban J connectivity index is 1.38. The monoisotopic (exact) mass is 379 g/mol. The lowest BCUT2D eigenvalue weighted by Crippen LogP contribution is -2.47. The molecule has 1 amide bonds. The van der Waals surface area contributed by atoms with E-state index >= 15 is 0 Å². The van der Waals surface area contributed by atoms with Gasteiger partial charge >= 0.3 is 0 Å². The lowest BCUT2D eigenvalue weighted by molar-refractivity contribution is -0.114. The fourth-order valence-electron chi connectivity index (χ4n) is 4.53. The molecule has 148 valence electrons. The summed E-state index contributed by atoms with van der Waals surface area (Å²) in [5.74, 6) is 1.50. The van der Waals surface area contributed by atoms with Crippen molar-refractivity contribution in [2.24, 2.45) is 0 Å². The summed E-state index contributed by atoms with van der Waals surface area (Å²) in [6, 6.07) is 14.7. The molecule has 1 aliphatic heterocycles. The molecule has 0 aromatic heterocycles. The first-order valence-corrected chi connectivity index (χ1v) is 10.1. The molecule has 1 N–H and O–H groups in total. The fourth-order valence-corrected chi connectivity index (χ4v) is 4.53. The van der Waals surface area contributed by atoms with Crippen molar-refractivity contribution in [2.75, 3.05) is 50.1 Å². The smallest absolute Gasteiger partial charge is 0.221 e. The summed E-state index contributed by atoms with van der Waals surface area (Å²) in [5.41, 5.74) is 4.96. The summed E-state index contributed by atoms with van der Waals surface area (Å²) < 4.78 is 5.53. The van der Waals surface area contributed by atoms with Crippen LogP contribution in [0.3, 0.4) is 0 Å². The second kappa shape index (κ2) is 8.23. The molecular weight excluding hydrogens is 350 g/mol. The molecule has 1 unspecified atom stereocenters. The zero-order chi connectivity index (χ0) is 19.5. The highest BCUT2D eigenvalue weighted by Gasteiger charge is 2.27. The third-order valence-electron chi connectivity index (χ3n) is 5.94. The van der Waals surface area contributed by atoms with Crippen molar-refractivity contribution >= 4 is 17.3 Å². The van der Waals surface area contributed by atoms with Gasteiger partial charge in [-0.2, -0.15) is 0 Å². The summed E-state index contributed by atoms with van der Waals surface area (Å²) in [6.45, 7) is 6.82. The van der Waals surface area contributed by atoms with Crippen LogP contribution in [0.5, 0.6) is 5.75 Å². The maximum atomic E-state index is 11.4. The highest BCUT2D eigenvalue weighted by molar-refractivity contribution is 5.88. The van der Waals surface area contributed by atoms with Gasteiger partial charge in [0.15, 0.2) is 0 Å². The Morgan fingerprint density at radius 1 is 1.14 bits per heavy atom. The molecule has 1 aliphatic carbocycles. The number of piperazine rings is 1. The summed E-state index contributed by atoms with van der Waals surface area (Å²) in [7, 11) is 1.74. The molecule has 2 aromatic carbocycles. The number of hydrogen-bond acceptors (Lipinski definition) is 4.